The third-order valence-corrected chi connectivity index (χ3v) is 4.07. The van der Waals surface area contributed by atoms with Gasteiger partial charge in [0, 0.05) is 17.1 Å². The van der Waals surface area contributed by atoms with Gasteiger partial charge in [-0.05, 0) is 19.3 Å². The van der Waals surface area contributed by atoms with Gasteiger partial charge in [-0.2, -0.15) is 22.1 Å². The Labute approximate surface area is 87.1 Å². The molecule has 0 N–H and O–H groups in total. The highest BCUT2D eigenvalue weighted by Gasteiger charge is 2.28. The van der Waals surface area contributed by atoms with Crippen LogP contribution < -0.4 is 0 Å². The van der Waals surface area contributed by atoms with Gasteiger partial charge in [0.05, 0.1) is 11.7 Å². The van der Waals surface area contributed by atoms with E-state index in [1.165, 1.54) is 24.8 Å². The van der Waals surface area contributed by atoms with Crippen LogP contribution in [-0.2, 0) is 11.5 Å². The van der Waals surface area contributed by atoms with E-state index < -0.39 is 0 Å². The molecular weight excluding hydrogens is 194 g/mol. The molecule has 0 aromatic carbocycles. The number of rotatable bonds is 1. The second kappa shape index (κ2) is 3.03. The highest BCUT2D eigenvalue weighted by Crippen LogP contribution is 2.37. The summed E-state index contributed by atoms with van der Waals surface area (Å²) in [4.78, 5) is 0. The lowest BCUT2D eigenvalue weighted by molar-refractivity contribution is 0.286. The topological polar surface area (TPSA) is 41.6 Å². The summed E-state index contributed by atoms with van der Waals surface area (Å²) in [6, 6.07) is 2.83. The second-order valence-corrected chi connectivity index (χ2v) is 4.89. The van der Waals surface area contributed by atoms with Gasteiger partial charge < -0.3 is 0 Å². The molecule has 0 saturated heterocycles. The van der Waals surface area contributed by atoms with Gasteiger partial charge in [-0.25, -0.2) is 0 Å². The van der Waals surface area contributed by atoms with Gasteiger partial charge in [-0.3, -0.25) is 4.68 Å². The Hall–Kier alpha value is -0.950. The van der Waals surface area contributed by atoms with Gasteiger partial charge in [-0.15, -0.1) is 0 Å². The maximum atomic E-state index is 9.12. The first-order valence-corrected chi connectivity index (χ1v) is 6.13. The number of nitriles is 1. The maximum Gasteiger partial charge on any atom is 0.143 e. The zero-order chi connectivity index (χ0) is 9.54. The Balaban J connectivity index is 2.08. The van der Waals surface area contributed by atoms with E-state index >= 15 is 0 Å². The third-order valence-electron chi connectivity index (χ3n) is 3.10. The largest absolute Gasteiger partial charge is 0.251 e. The number of hydrogen-bond acceptors (Lipinski definition) is 3. The van der Waals surface area contributed by atoms with Crippen molar-refractivity contribution in [1.82, 2.24) is 9.78 Å². The van der Waals surface area contributed by atoms with Crippen molar-refractivity contribution in [2.24, 2.45) is 0 Å². The van der Waals surface area contributed by atoms with Crippen LogP contribution >= 0.6 is 11.8 Å². The molecule has 0 atom stereocenters. The van der Waals surface area contributed by atoms with Crippen molar-refractivity contribution >= 4 is 11.8 Å². The normalized spacial score (nSPS) is 20.2. The van der Waals surface area contributed by atoms with Gasteiger partial charge in [0.25, 0.3) is 0 Å². The van der Waals surface area contributed by atoms with Crippen LogP contribution in [-0.4, -0.2) is 9.78 Å². The molecule has 1 saturated carbocycles. The molecule has 2 aliphatic rings. The van der Waals surface area contributed by atoms with Gasteiger partial charge in [-0.1, -0.05) is 0 Å². The smallest absolute Gasteiger partial charge is 0.143 e. The van der Waals surface area contributed by atoms with Crippen molar-refractivity contribution < 1.29 is 0 Å². The third kappa shape index (κ3) is 1.02. The second-order valence-electron chi connectivity index (χ2n) is 3.91. The summed E-state index contributed by atoms with van der Waals surface area (Å²) in [7, 11) is 0. The van der Waals surface area contributed by atoms with E-state index in [1.54, 1.807) is 0 Å². The molecule has 0 radical (unpaired) electrons. The number of aromatic nitrogens is 2. The fourth-order valence-corrected chi connectivity index (χ4v) is 3.08. The first-order valence-electron chi connectivity index (χ1n) is 4.98. The Bertz CT molecular complexity index is 412. The van der Waals surface area contributed by atoms with Gasteiger partial charge >= 0.3 is 0 Å². The molecule has 3 nitrogen and oxygen atoms in total. The molecule has 0 bridgehead atoms. The maximum absolute atomic E-state index is 9.12. The molecule has 0 spiro atoms. The van der Waals surface area contributed by atoms with Crippen LogP contribution in [0, 0.1) is 11.3 Å². The van der Waals surface area contributed by atoms with E-state index in [-0.39, 0.29) is 0 Å². The molecule has 1 aliphatic carbocycles. The van der Waals surface area contributed by atoms with Crippen LogP contribution in [0.3, 0.4) is 0 Å². The predicted molar refractivity (Wildman–Crippen MR) is 54.8 cm³/mol. The number of fused-ring (bicyclic) bond motifs is 1. The van der Waals surface area contributed by atoms with Crippen molar-refractivity contribution in [2.45, 2.75) is 36.8 Å². The van der Waals surface area contributed by atoms with Crippen LogP contribution in [0.4, 0.5) is 0 Å². The van der Waals surface area contributed by atoms with Gasteiger partial charge in [0.2, 0.25) is 0 Å². The summed E-state index contributed by atoms with van der Waals surface area (Å²) in [5, 5.41) is 13.7. The Morgan fingerprint density at radius 1 is 1.43 bits per heavy atom. The lowest BCUT2D eigenvalue weighted by Gasteiger charge is -2.26. The van der Waals surface area contributed by atoms with Crippen molar-refractivity contribution in [2.75, 3.05) is 0 Å². The molecule has 2 heterocycles. The van der Waals surface area contributed by atoms with Crippen LogP contribution in [0.5, 0.6) is 0 Å². The Morgan fingerprint density at radius 2 is 2.29 bits per heavy atom. The van der Waals surface area contributed by atoms with Crippen molar-refractivity contribution in [1.29, 1.82) is 5.26 Å². The lowest BCUT2D eigenvalue weighted by Crippen LogP contribution is -2.19. The van der Waals surface area contributed by atoms with Crippen LogP contribution in [0.15, 0.2) is 0 Å². The summed E-state index contributed by atoms with van der Waals surface area (Å²) in [6.45, 7) is 0. The molecule has 1 aromatic rings. The molecule has 1 aromatic heterocycles. The quantitative estimate of drug-likeness (QED) is 0.706. The highest BCUT2D eigenvalue weighted by atomic mass is 32.2. The van der Waals surface area contributed by atoms with Gasteiger partial charge in [0.15, 0.2) is 0 Å². The molecule has 72 valence electrons. The molecule has 3 rings (SSSR count). The number of nitrogens with zero attached hydrogens (tertiary/aromatic N) is 3. The van der Waals surface area contributed by atoms with Crippen LogP contribution in [0.25, 0.3) is 0 Å². The number of hydrogen-bond donors (Lipinski definition) is 0. The average molecular weight is 205 g/mol. The number of thioether (sulfide) groups is 1. The summed E-state index contributed by atoms with van der Waals surface area (Å²) in [5.41, 5.74) is 3.18. The fourth-order valence-electron chi connectivity index (χ4n) is 2.05. The molecule has 0 unspecified atom stereocenters. The van der Waals surface area contributed by atoms with E-state index in [2.05, 4.69) is 11.2 Å². The summed E-state index contributed by atoms with van der Waals surface area (Å²) in [5.74, 6) is 1.97. The predicted octanol–water partition coefficient (Wildman–Crippen LogP) is 2.23. The summed E-state index contributed by atoms with van der Waals surface area (Å²) >= 11 is 1.86. The van der Waals surface area contributed by atoms with Crippen molar-refractivity contribution in [3.8, 4) is 6.07 Å². The molecular formula is C10H11N3S. The molecule has 14 heavy (non-hydrogen) atoms. The van der Waals surface area contributed by atoms with E-state index in [1.807, 2.05) is 16.4 Å². The van der Waals surface area contributed by atoms with Crippen LogP contribution in [0.1, 0.15) is 42.3 Å². The minimum atomic E-state index is 0.514. The Morgan fingerprint density at radius 3 is 2.93 bits per heavy atom. The fraction of sp³-hybridized carbons (Fsp3) is 0.600. The Kier molecular flexibility index (Phi) is 1.81. The molecule has 1 fully saturated rings. The van der Waals surface area contributed by atoms with E-state index in [9.17, 15) is 0 Å². The van der Waals surface area contributed by atoms with E-state index in [0.717, 1.165) is 22.9 Å². The highest BCUT2D eigenvalue weighted by molar-refractivity contribution is 7.98. The average Bonchev–Trinajstić information content (AvgIpc) is 2.60. The van der Waals surface area contributed by atoms with E-state index in [4.69, 9.17) is 5.26 Å². The van der Waals surface area contributed by atoms with Crippen molar-refractivity contribution in [3.05, 3.63) is 17.0 Å². The summed E-state index contributed by atoms with van der Waals surface area (Å²) in [6.07, 6.45) is 3.68. The molecule has 1 aliphatic heterocycles. The van der Waals surface area contributed by atoms with Crippen molar-refractivity contribution in [3.63, 3.8) is 0 Å². The summed E-state index contributed by atoms with van der Waals surface area (Å²) < 4.78 is 1.98. The minimum Gasteiger partial charge on any atom is -0.251 e. The lowest BCUT2D eigenvalue weighted by atomic mass is 9.93. The molecule has 0 amide bonds. The standard InChI is InChI=1S/C10H11N3S/c11-4-10-8-5-14-6-9(8)12-13(10)7-2-1-3-7/h7H,1-3,5-6H2. The van der Waals surface area contributed by atoms with Gasteiger partial charge in [0.1, 0.15) is 11.8 Å². The van der Waals surface area contributed by atoms with Crippen LogP contribution in [0.2, 0.25) is 0 Å². The zero-order valence-electron chi connectivity index (χ0n) is 7.86. The van der Waals surface area contributed by atoms with E-state index in [0.29, 0.717) is 6.04 Å². The molecule has 4 heteroatoms. The SMILES string of the molecule is N#Cc1c2c(nn1C1CCC1)CSC2. The zero-order valence-corrected chi connectivity index (χ0v) is 8.68. The monoisotopic (exact) mass is 205 g/mol. The minimum absolute atomic E-state index is 0.514. The first kappa shape index (κ1) is 8.37. The first-order chi connectivity index (χ1) is 6.90.